The zero-order valence-electron chi connectivity index (χ0n) is 11.1. The molecule has 0 bridgehead atoms. The first kappa shape index (κ1) is 12.5. The van der Waals surface area contributed by atoms with E-state index in [4.69, 9.17) is 0 Å². The molecular formula is C17H12FNOS. The highest BCUT2D eigenvalue weighted by atomic mass is 32.1. The summed E-state index contributed by atoms with van der Waals surface area (Å²) in [6.45, 7) is 0. The Morgan fingerprint density at radius 2 is 1.95 bits per heavy atom. The third-order valence-corrected chi connectivity index (χ3v) is 5.01. The van der Waals surface area contributed by atoms with Crippen molar-refractivity contribution in [2.45, 2.75) is 12.5 Å². The van der Waals surface area contributed by atoms with Crippen molar-refractivity contribution in [1.82, 2.24) is 0 Å². The Morgan fingerprint density at radius 3 is 2.76 bits per heavy atom. The zero-order chi connectivity index (χ0) is 14.4. The van der Waals surface area contributed by atoms with Gasteiger partial charge in [-0.25, -0.2) is 4.39 Å². The van der Waals surface area contributed by atoms with Gasteiger partial charge in [0.1, 0.15) is 5.82 Å². The van der Waals surface area contributed by atoms with Crippen LogP contribution >= 0.6 is 11.3 Å². The van der Waals surface area contributed by atoms with Gasteiger partial charge in [-0.1, -0.05) is 30.3 Å². The van der Waals surface area contributed by atoms with Gasteiger partial charge in [0, 0.05) is 16.5 Å². The number of carbonyl (C=O) groups is 1. The number of fused-ring (bicyclic) bond motifs is 3. The van der Waals surface area contributed by atoms with Crippen LogP contribution < -0.4 is 5.32 Å². The lowest BCUT2D eigenvalue weighted by atomic mass is 9.96. The molecule has 1 aliphatic rings. The molecule has 4 heteroatoms. The summed E-state index contributed by atoms with van der Waals surface area (Å²) in [4.78, 5) is 13.1. The maximum Gasteiger partial charge on any atom is 0.177 e. The minimum atomic E-state index is -0.270. The predicted molar refractivity (Wildman–Crippen MR) is 83.5 cm³/mol. The van der Waals surface area contributed by atoms with E-state index in [9.17, 15) is 9.18 Å². The van der Waals surface area contributed by atoms with Crippen LogP contribution in [0.1, 0.15) is 27.7 Å². The Bertz CT molecular complexity index is 841. The average Bonchev–Trinajstić information content (AvgIpc) is 2.86. The zero-order valence-corrected chi connectivity index (χ0v) is 11.9. The summed E-state index contributed by atoms with van der Waals surface area (Å²) in [5, 5.41) is 4.37. The number of nitrogens with one attached hydrogen (secondary N) is 1. The highest BCUT2D eigenvalue weighted by molar-refractivity contribution is 7.21. The van der Waals surface area contributed by atoms with Crippen LogP contribution in [-0.2, 0) is 0 Å². The van der Waals surface area contributed by atoms with E-state index >= 15 is 0 Å². The molecule has 0 saturated carbocycles. The second-order valence-electron chi connectivity index (χ2n) is 5.18. The minimum absolute atomic E-state index is 0.0194. The third kappa shape index (κ3) is 2.03. The van der Waals surface area contributed by atoms with Crippen LogP contribution in [0.3, 0.4) is 0 Å². The number of benzene rings is 2. The van der Waals surface area contributed by atoms with Crippen LogP contribution in [0.4, 0.5) is 10.1 Å². The molecule has 2 aromatic carbocycles. The van der Waals surface area contributed by atoms with Crippen molar-refractivity contribution in [3.63, 3.8) is 0 Å². The second-order valence-corrected chi connectivity index (χ2v) is 6.23. The van der Waals surface area contributed by atoms with E-state index in [1.165, 1.54) is 23.5 Å². The van der Waals surface area contributed by atoms with Crippen molar-refractivity contribution in [3.8, 4) is 0 Å². The molecule has 0 spiro atoms. The standard InChI is InChI=1S/C17H12FNOS/c18-11-6-7-12-15(8-11)21-17-14(20)9-13(19-16(12)17)10-4-2-1-3-5-10/h1-8,13,19H,9H2. The predicted octanol–water partition coefficient (Wildman–Crippen LogP) is 4.78. The van der Waals surface area contributed by atoms with Crippen molar-refractivity contribution in [3.05, 3.63) is 64.8 Å². The molecule has 0 fully saturated rings. The van der Waals surface area contributed by atoms with Crippen molar-refractivity contribution in [2.75, 3.05) is 5.32 Å². The summed E-state index contributed by atoms with van der Waals surface area (Å²) in [6, 6.07) is 14.6. The lowest BCUT2D eigenvalue weighted by Gasteiger charge is -2.24. The molecule has 2 heterocycles. The average molecular weight is 297 g/mol. The van der Waals surface area contributed by atoms with Crippen LogP contribution in [0.15, 0.2) is 48.5 Å². The number of hydrogen-bond donors (Lipinski definition) is 1. The smallest absolute Gasteiger partial charge is 0.177 e. The quantitative estimate of drug-likeness (QED) is 0.700. The molecule has 1 aromatic heterocycles. The van der Waals surface area contributed by atoms with E-state index in [-0.39, 0.29) is 17.6 Å². The van der Waals surface area contributed by atoms with Crippen molar-refractivity contribution in [2.24, 2.45) is 0 Å². The molecular weight excluding hydrogens is 285 g/mol. The van der Waals surface area contributed by atoms with Gasteiger partial charge in [0.25, 0.3) is 0 Å². The Labute approximate surface area is 125 Å². The summed E-state index contributed by atoms with van der Waals surface area (Å²) in [6.07, 6.45) is 0.437. The first-order valence-electron chi connectivity index (χ1n) is 6.79. The van der Waals surface area contributed by atoms with Crippen molar-refractivity contribution >= 4 is 32.9 Å². The summed E-state index contributed by atoms with van der Waals surface area (Å²) in [7, 11) is 0. The van der Waals surface area contributed by atoms with Gasteiger partial charge in [-0.05, 0) is 23.8 Å². The number of halogens is 1. The van der Waals surface area contributed by atoms with Crippen LogP contribution in [0.5, 0.6) is 0 Å². The maximum atomic E-state index is 13.3. The Hall–Kier alpha value is -2.20. The Balaban J connectivity index is 1.84. The fraction of sp³-hybridized carbons (Fsp3) is 0.118. The van der Waals surface area contributed by atoms with Crippen molar-refractivity contribution in [1.29, 1.82) is 0 Å². The van der Waals surface area contributed by atoms with E-state index < -0.39 is 0 Å². The molecule has 104 valence electrons. The first-order chi connectivity index (χ1) is 10.2. The first-order valence-corrected chi connectivity index (χ1v) is 7.61. The van der Waals surface area contributed by atoms with E-state index in [2.05, 4.69) is 5.32 Å². The monoisotopic (exact) mass is 297 g/mol. The van der Waals surface area contributed by atoms with Crippen LogP contribution in [0, 0.1) is 5.82 Å². The van der Waals surface area contributed by atoms with Gasteiger partial charge in [-0.15, -0.1) is 11.3 Å². The summed E-state index contributed by atoms with van der Waals surface area (Å²) in [5.41, 5.74) is 1.94. The van der Waals surface area contributed by atoms with Gasteiger partial charge in [0.05, 0.1) is 16.6 Å². The highest BCUT2D eigenvalue weighted by Crippen LogP contribution is 2.43. The van der Waals surface area contributed by atoms with Gasteiger partial charge >= 0.3 is 0 Å². The number of ketones is 1. The highest BCUT2D eigenvalue weighted by Gasteiger charge is 2.29. The molecule has 1 aliphatic heterocycles. The van der Waals surface area contributed by atoms with Gasteiger partial charge < -0.3 is 5.32 Å². The van der Waals surface area contributed by atoms with Gasteiger partial charge in [0.15, 0.2) is 5.78 Å². The molecule has 21 heavy (non-hydrogen) atoms. The van der Waals surface area contributed by atoms with E-state index in [0.717, 1.165) is 21.3 Å². The number of rotatable bonds is 1. The van der Waals surface area contributed by atoms with E-state index in [1.807, 2.05) is 30.3 Å². The minimum Gasteiger partial charge on any atom is -0.376 e. The van der Waals surface area contributed by atoms with Gasteiger partial charge in [-0.3, -0.25) is 4.79 Å². The molecule has 0 saturated heterocycles. The molecule has 0 radical (unpaired) electrons. The third-order valence-electron chi connectivity index (χ3n) is 3.82. The summed E-state index contributed by atoms with van der Waals surface area (Å²) in [5.74, 6) is -0.146. The number of Topliss-reactive ketones (excluding diaryl/α,β-unsaturated/α-hetero) is 1. The van der Waals surface area contributed by atoms with Gasteiger partial charge in [-0.2, -0.15) is 0 Å². The van der Waals surface area contributed by atoms with Gasteiger partial charge in [0.2, 0.25) is 0 Å². The SMILES string of the molecule is O=C1CC(c2ccccc2)Nc2c1sc1cc(F)ccc21. The maximum absolute atomic E-state index is 13.3. The number of carbonyl (C=O) groups excluding carboxylic acids is 1. The van der Waals surface area contributed by atoms with Crippen molar-refractivity contribution < 1.29 is 9.18 Å². The molecule has 1 unspecified atom stereocenters. The largest absolute Gasteiger partial charge is 0.376 e. The molecule has 3 aromatic rings. The van der Waals surface area contributed by atoms with E-state index in [0.29, 0.717) is 11.3 Å². The summed E-state index contributed by atoms with van der Waals surface area (Å²) < 4.78 is 14.2. The number of hydrogen-bond acceptors (Lipinski definition) is 3. The Kier molecular flexibility index (Phi) is 2.79. The lowest BCUT2D eigenvalue weighted by Crippen LogP contribution is -2.21. The van der Waals surface area contributed by atoms with Crippen LogP contribution in [0.25, 0.3) is 10.1 Å². The molecule has 4 rings (SSSR count). The molecule has 0 amide bonds. The molecule has 1 atom stereocenters. The second kappa shape index (κ2) is 4.67. The fourth-order valence-electron chi connectivity index (χ4n) is 2.80. The normalized spacial score (nSPS) is 17.6. The molecule has 2 nitrogen and oxygen atoms in total. The number of thiophene rings is 1. The van der Waals surface area contributed by atoms with Crippen LogP contribution in [0.2, 0.25) is 0 Å². The Morgan fingerprint density at radius 1 is 1.14 bits per heavy atom. The lowest BCUT2D eigenvalue weighted by molar-refractivity contribution is 0.0976. The topological polar surface area (TPSA) is 29.1 Å². The molecule has 0 aliphatic carbocycles. The molecule has 1 N–H and O–H groups in total. The van der Waals surface area contributed by atoms with Crippen LogP contribution in [-0.4, -0.2) is 5.78 Å². The van der Waals surface area contributed by atoms with E-state index in [1.54, 1.807) is 6.07 Å². The number of anilines is 1. The summed E-state index contributed by atoms with van der Waals surface area (Å²) >= 11 is 1.37. The fourth-order valence-corrected chi connectivity index (χ4v) is 3.94.